The highest BCUT2D eigenvalue weighted by Gasteiger charge is 2.51. The molecule has 2 rings (SSSR count). The van der Waals surface area contributed by atoms with Gasteiger partial charge in [0.1, 0.15) is 24.1 Å². The third-order valence-corrected chi connectivity index (χ3v) is 3.83. The van der Waals surface area contributed by atoms with Gasteiger partial charge in [-0.2, -0.15) is 0 Å². The summed E-state index contributed by atoms with van der Waals surface area (Å²) in [5.74, 6) is 2.54. The van der Waals surface area contributed by atoms with Crippen molar-refractivity contribution < 1.29 is 18.7 Å². The predicted octanol–water partition coefficient (Wildman–Crippen LogP) is 4.05. The van der Waals surface area contributed by atoms with Crippen LogP contribution in [0.3, 0.4) is 0 Å². The van der Waals surface area contributed by atoms with Crippen molar-refractivity contribution in [2.45, 2.75) is 58.1 Å². The number of halogens is 1. The molecular formula is C19H24FNO3. The number of amides is 1. The van der Waals surface area contributed by atoms with Crippen LogP contribution in [-0.4, -0.2) is 35.0 Å². The summed E-state index contributed by atoms with van der Waals surface area (Å²) in [6.45, 7) is 8.05. The highest BCUT2D eigenvalue weighted by atomic mass is 19.1. The first-order valence-electron chi connectivity index (χ1n) is 7.92. The fraction of sp³-hybridized carbons (Fsp3) is 0.526. The van der Waals surface area contributed by atoms with Gasteiger partial charge in [-0.05, 0) is 52.3 Å². The number of rotatable bonds is 2. The van der Waals surface area contributed by atoms with Crippen molar-refractivity contribution >= 4 is 6.09 Å². The Morgan fingerprint density at radius 1 is 1.38 bits per heavy atom. The van der Waals surface area contributed by atoms with Crippen LogP contribution in [0.1, 0.15) is 51.8 Å². The third kappa shape index (κ3) is 3.70. The van der Waals surface area contributed by atoms with Crippen molar-refractivity contribution in [3.8, 4) is 12.3 Å². The maximum Gasteiger partial charge on any atom is 0.413 e. The van der Waals surface area contributed by atoms with E-state index in [1.165, 1.54) is 4.90 Å². The van der Waals surface area contributed by atoms with E-state index in [1.54, 1.807) is 58.9 Å². The van der Waals surface area contributed by atoms with Gasteiger partial charge in [0.05, 0.1) is 6.04 Å². The number of carbonyl (C=O) groups excluding carboxylic acids is 1. The number of hydrogen-bond acceptors (Lipinski definition) is 3. The lowest BCUT2D eigenvalue weighted by atomic mass is 10.0. The fourth-order valence-corrected chi connectivity index (χ4v) is 2.86. The van der Waals surface area contributed by atoms with E-state index in [4.69, 9.17) is 15.9 Å². The van der Waals surface area contributed by atoms with Gasteiger partial charge >= 0.3 is 6.09 Å². The molecule has 0 unspecified atom stereocenters. The summed E-state index contributed by atoms with van der Waals surface area (Å²) < 4.78 is 25.2. The normalized spacial score (nSPS) is 23.0. The molecule has 1 amide bonds. The van der Waals surface area contributed by atoms with Gasteiger partial charge in [0.25, 0.3) is 0 Å². The summed E-state index contributed by atoms with van der Waals surface area (Å²) in [7, 11) is 0. The maximum absolute atomic E-state index is 13.8. The van der Waals surface area contributed by atoms with Gasteiger partial charge in [-0.25, -0.2) is 9.18 Å². The summed E-state index contributed by atoms with van der Waals surface area (Å²) in [6.07, 6.45) is 4.20. The number of benzene rings is 1. The highest BCUT2D eigenvalue weighted by molar-refractivity contribution is 5.70. The Hall–Kier alpha value is -2.06. The molecule has 0 spiro atoms. The minimum atomic E-state index is -0.978. The Bertz CT molecular complexity index is 640. The number of ether oxygens (including phenoxy) is 2. The van der Waals surface area contributed by atoms with E-state index < -0.39 is 36.2 Å². The zero-order valence-corrected chi connectivity index (χ0v) is 14.8. The van der Waals surface area contributed by atoms with Gasteiger partial charge < -0.3 is 9.47 Å². The lowest BCUT2D eigenvalue weighted by molar-refractivity contribution is -0.0797. The van der Waals surface area contributed by atoms with Crippen LogP contribution >= 0.6 is 0 Å². The molecule has 5 heteroatoms. The van der Waals surface area contributed by atoms with Gasteiger partial charge in [-0.15, -0.1) is 6.42 Å². The topological polar surface area (TPSA) is 38.8 Å². The molecule has 1 aromatic carbocycles. The standard InChI is InChI=1S/C19H24FNO3/c1-7-13-8-10-14(11-9-13)16-15(12-20)21(19(5,6)23-16)17(22)24-18(2,3)4/h1,8-11,15-16H,12H2,2-6H3/t15-,16-/m1/s1. The molecule has 0 aliphatic carbocycles. The Balaban J connectivity index is 2.32. The quantitative estimate of drug-likeness (QED) is 0.767. The minimum Gasteiger partial charge on any atom is -0.444 e. The summed E-state index contributed by atoms with van der Waals surface area (Å²) >= 11 is 0. The number of nitrogens with zero attached hydrogens (tertiary/aromatic N) is 1. The first-order valence-corrected chi connectivity index (χ1v) is 7.92. The summed E-state index contributed by atoms with van der Waals surface area (Å²) in [5, 5.41) is 0. The minimum absolute atomic E-state index is 0.579. The van der Waals surface area contributed by atoms with Crippen LogP contribution < -0.4 is 0 Å². The van der Waals surface area contributed by atoms with Crippen LogP contribution in [0, 0.1) is 12.3 Å². The van der Waals surface area contributed by atoms with Crippen LogP contribution in [0.5, 0.6) is 0 Å². The SMILES string of the molecule is C#Cc1ccc([C@H]2OC(C)(C)N(C(=O)OC(C)(C)C)[C@@H]2CF)cc1. The molecule has 0 aromatic heterocycles. The first-order chi connectivity index (χ1) is 11.1. The molecule has 24 heavy (non-hydrogen) atoms. The van der Waals surface area contributed by atoms with Gasteiger partial charge in [-0.1, -0.05) is 18.1 Å². The Morgan fingerprint density at radius 2 is 1.96 bits per heavy atom. The molecule has 2 atom stereocenters. The van der Waals surface area contributed by atoms with Gasteiger partial charge in [0.2, 0.25) is 0 Å². The second-order valence-electron chi connectivity index (χ2n) is 7.32. The molecule has 1 saturated heterocycles. The average Bonchev–Trinajstić information content (AvgIpc) is 2.76. The third-order valence-electron chi connectivity index (χ3n) is 3.83. The van der Waals surface area contributed by atoms with Crippen molar-refractivity contribution in [2.24, 2.45) is 0 Å². The number of carbonyl (C=O) groups is 1. The molecule has 0 bridgehead atoms. The molecule has 1 aliphatic rings. The van der Waals surface area contributed by atoms with Crippen molar-refractivity contribution in [3.63, 3.8) is 0 Å². The molecule has 1 fully saturated rings. The second-order valence-corrected chi connectivity index (χ2v) is 7.32. The van der Waals surface area contributed by atoms with Gasteiger partial charge in [-0.3, -0.25) is 4.90 Å². The molecule has 1 aliphatic heterocycles. The summed E-state index contributed by atoms with van der Waals surface area (Å²) in [6, 6.07) is 6.40. The van der Waals surface area contributed by atoms with Gasteiger partial charge in [0.15, 0.2) is 0 Å². The monoisotopic (exact) mass is 333 g/mol. The van der Waals surface area contributed by atoms with Crippen LogP contribution in [0.25, 0.3) is 0 Å². The van der Waals surface area contributed by atoms with E-state index in [0.717, 1.165) is 11.1 Å². The second kappa shape index (κ2) is 6.45. The average molecular weight is 333 g/mol. The van der Waals surface area contributed by atoms with E-state index in [-0.39, 0.29) is 0 Å². The molecule has 0 saturated carbocycles. The van der Waals surface area contributed by atoms with Crippen LogP contribution in [0.4, 0.5) is 9.18 Å². The maximum atomic E-state index is 13.8. The summed E-state index contributed by atoms with van der Waals surface area (Å²) in [5.41, 5.74) is -0.137. The fourth-order valence-electron chi connectivity index (χ4n) is 2.86. The lowest BCUT2D eigenvalue weighted by Crippen LogP contribution is -2.50. The highest BCUT2D eigenvalue weighted by Crippen LogP contribution is 2.42. The zero-order valence-electron chi connectivity index (χ0n) is 14.8. The van der Waals surface area contributed by atoms with Gasteiger partial charge in [0, 0.05) is 5.56 Å². The smallest absolute Gasteiger partial charge is 0.413 e. The van der Waals surface area contributed by atoms with Crippen molar-refractivity contribution in [1.29, 1.82) is 0 Å². The van der Waals surface area contributed by atoms with E-state index in [0.29, 0.717) is 0 Å². The Morgan fingerprint density at radius 3 is 2.42 bits per heavy atom. The van der Waals surface area contributed by atoms with E-state index in [9.17, 15) is 9.18 Å². The molecule has 4 nitrogen and oxygen atoms in total. The predicted molar refractivity (Wildman–Crippen MR) is 90.1 cm³/mol. The lowest BCUT2D eigenvalue weighted by Gasteiger charge is -2.34. The molecule has 1 aromatic rings. The first kappa shape index (κ1) is 18.3. The van der Waals surface area contributed by atoms with E-state index in [1.807, 2.05) is 0 Å². The molecule has 0 N–H and O–H groups in total. The van der Waals surface area contributed by atoms with Crippen molar-refractivity contribution in [2.75, 3.05) is 6.67 Å². The number of hydrogen-bond donors (Lipinski definition) is 0. The largest absolute Gasteiger partial charge is 0.444 e. The molecule has 0 radical (unpaired) electrons. The Labute approximate surface area is 142 Å². The number of alkyl halides is 1. The van der Waals surface area contributed by atoms with Crippen molar-refractivity contribution in [3.05, 3.63) is 35.4 Å². The number of terminal acetylenes is 1. The Kier molecular flexibility index (Phi) is 4.91. The molecule has 1 heterocycles. The molecule has 130 valence electrons. The van der Waals surface area contributed by atoms with E-state index >= 15 is 0 Å². The van der Waals surface area contributed by atoms with Crippen LogP contribution in [0.15, 0.2) is 24.3 Å². The van der Waals surface area contributed by atoms with Crippen molar-refractivity contribution in [1.82, 2.24) is 4.90 Å². The molecular weight excluding hydrogens is 309 g/mol. The van der Waals surface area contributed by atoms with E-state index in [2.05, 4.69) is 5.92 Å². The van der Waals surface area contributed by atoms with Crippen LogP contribution in [0.2, 0.25) is 0 Å². The zero-order chi connectivity index (χ0) is 18.1. The van der Waals surface area contributed by atoms with Crippen LogP contribution in [-0.2, 0) is 9.47 Å². The summed E-state index contributed by atoms with van der Waals surface area (Å²) in [4.78, 5) is 13.9.